The Morgan fingerprint density at radius 2 is 1.79 bits per heavy atom. The standard InChI is InChI=1S/C8H9BrF2N2O4S2/c9-6-3-5(10)4-7(11)8(6)19(16,17)13-1-2-18(12,14)15/h3-4,13H,1-2H2,(H2,12,14,15). The normalized spacial score (nSPS) is 12.6. The summed E-state index contributed by atoms with van der Waals surface area (Å²) in [6, 6.07) is 1.18. The maximum Gasteiger partial charge on any atom is 0.244 e. The van der Waals surface area contributed by atoms with Crippen LogP contribution in [0.2, 0.25) is 0 Å². The van der Waals surface area contributed by atoms with Gasteiger partial charge in [-0.1, -0.05) is 0 Å². The lowest BCUT2D eigenvalue weighted by Gasteiger charge is -2.09. The molecule has 11 heteroatoms. The number of rotatable bonds is 5. The lowest BCUT2D eigenvalue weighted by molar-refractivity contribution is 0.541. The minimum atomic E-state index is -4.32. The van der Waals surface area contributed by atoms with Gasteiger partial charge in [0, 0.05) is 17.1 Å². The van der Waals surface area contributed by atoms with E-state index in [0.717, 1.165) is 6.07 Å². The minimum absolute atomic E-state index is 0.312. The van der Waals surface area contributed by atoms with Crippen molar-refractivity contribution in [2.24, 2.45) is 5.14 Å². The number of nitrogens with two attached hydrogens (primary N) is 1. The molecule has 0 unspecified atom stereocenters. The summed E-state index contributed by atoms with van der Waals surface area (Å²) < 4.78 is 72.5. The first-order chi connectivity index (χ1) is 8.53. The smallest absolute Gasteiger partial charge is 0.229 e. The molecule has 0 spiro atoms. The van der Waals surface area contributed by atoms with Crippen molar-refractivity contribution in [3.05, 3.63) is 28.2 Å². The van der Waals surface area contributed by atoms with Crippen LogP contribution in [0.3, 0.4) is 0 Å². The van der Waals surface area contributed by atoms with Gasteiger partial charge in [0.05, 0.1) is 5.75 Å². The van der Waals surface area contributed by atoms with Gasteiger partial charge in [0.2, 0.25) is 20.0 Å². The molecule has 0 aliphatic rings. The van der Waals surface area contributed by atoms with Crippen molar-refractivity contribution < 1.29 is 25.6 Å². The van der Waals surface area contributed by atoms with Crippen LogP contribution in [0.15, 0.2) is 21.5 Å². The molecule has 0 saturated carbocycles. The van der Waals surface area contributed by atoms with Crippen molar-refractivity contribution in [1.82, 2.24) is 4.72 Å². The van der Waals surface area contributed by atoms with Crippen molar-refractivity contribution in [2.75, 3.05) is 12.3 Å². The predicted molar refractivity (Wildman–Crippen MR) is 67.2 cm³/mol. The molecule has 0 aliphatic carbocycles. The molecule has 0 atom stereocenters. The summed E-state index contributed by atoms with van der Waals surface area (Å²) in [5, 5.41) is 4.69. The van der Waals surface area contributed by atoms with Gasteiger partial charge in [0.1, 0.15) is 16.5 Å². The van der Waals surface area contributed by atoms with Crippen LogP contribution in [-0.2, 0) is 20.0 Å². The van der Waals surface area contributed by atoms with Crippen LogP contribution in [0.25, 0.3) is 0 Å². The van der Waals surface area contributed by atoms with Gasteiger partial charge in [0.25, 0.3) is 0 Å². The average molecular weight is 379 g/mol. The number of halogens is 3. The first-order valence-electron chi connectivity index (χ1n) is 4.67. The van der Waals surface area contributed by atoms with Crippen molar-refractivity contribution in [3.63, 3.8) is 0 Å². The zero-order valence-electron chi connectivity index (χ0n) is 9.23. The summed E-state index contributed by atoms with van der Waals surface area (Å²) in [6.45, 7) is -0.523. The largest absolute Gasteiger partial charge is 0.244 e. The molecule has 108 valence electrons. The lowest BCUT2D eigenvalue weighted by atomic mass is 10.3. The third kappa shape index (κ3) is 4.76. The second kappa shape index (κ2) is 5.79. The fourth-order valence-electron chi connectivity index (χ4n) is 1.18. The zero-order valence-corrected chi connectivity index (χ0v) is 12.4. The summed E-state index contributed by atoms with van der Waals surface area (Å²) in [5.74, 6) is -2.89. The molecule has 0 amide bonds. The van der Waals surface area contributed by atoms with Crippen LogP contribution in [-0.4, -0.2) is 29.1 Å². The van der Waals surface area contributed by atoms with Gasteiger partial charge >= 0.3 is 0 Å². The zero-order chi connectivity index (χ0) is 14.8. The summed E-state index contributed by atoms with van der Waals surface area (Å²) >= 11 is 2.72. The maximum absolute atomic E-state index is 13.4. The molecule has 1 aromatic carbocycles. The van der Waals surface area contributed by atoms with Gasteiger partial charge in [-0.15, -0.1) is 0 Å². The number of sulfonamides is 2. The number of nitrogens with one attached hydrogen (secondary N) is 1. The summed E-state index contributed by atoms with van der Waals surface area (Å²) in [7, 11) is -8.17. The van der Waals surface area contributed by atoms with Gasteiger partial charge in [-0.3, -0.25) is 0 Å². The minimum Gasteiger partial charge on any atom is -0.229 e. The Bertz CT molecular complexity index is 668. The molecule has 1 rings (SSSR count). The molecule has 0 bridgehead atoms. The Morgan fingerprint density at radius 3 is 2.26 bits per heavy atom. The quantitative estimate of drug-likeness (QED) is 0.767. The van der Waals surface area contributed by atoms with Gasteiger partial charge in [-0.25, -0.2) is 35.5 Å². The van der Waals surface area contributed by atoms with E-state index in [0.29, 0.717) is 6.07 Å². The highest BCUT2D eigenvalue weighted by Gasteiger charge is 2.23. The second-order valence-electron chi connectivity index (χ2n) is 3.46. The first-order valence-corrected chi connectivity index (χ1v) is 8.67. The number of hydrogen-bond acceptors (Lipinski definition) is 4. The van der Waals surface area contributed by atoms with E-state index in [9.17, 15) is 25.6 Å². The molecule has 0 aromatic heterocycles. The Balaban J connectivity index is 3.02. The second-order valence-corrected chi connectivity index (χ2v) is 7.76. The Morgan fingerprint density at radius 1 is 1.21 bits per heavy atom. The van der Waals surface area contributed by atoms with E-state index < -0.39 is 48.9 Å². The van der Waals surface area contributed by atoms with Gasteiger partial charge in [0.15, 0.2) is 0 Å². The highest BCUT2D eigenvalue weighted by molar-refractivity contribution is 9.10. The van der Waals surface area contributed by atoms with Crippen LogP contribution < -0.4 is 9.86 Å². The number of hydrogen-bond donors (Lipinski definition) is 2. The van der Waals surface area contributed by atoms with Crippen molar-refractivity contribution >= 4 is 36.0 Å². The monoisotopic (exact) mass is 378 g/mol. The molecule has 0 radical (unpaired) electrons. The number of primary sulfonamides is 1. The van der Waals surface area contributed by atoms with Crippen LogP contribution in [0.5, 0.6) is 0 Å². The topological polar surface area (TPSA) is 106 Å². The fourth-order valence-corrected chi connectivity index (χ4v) is 3.89. The molecule has 19 heavy (non-hydrogen) atoms. The van der Waals surface area contributed by atoms with Crippen LogP contribution in [0.4, 0.5) is 8.78 Å². The van der Waals surface area contributed by atoms with Gasteiger partial charge in [-0.2, -0.15) is 0 Å². The third-order valence-electron chi connectivity index (χ3n) is 1.91. The fraction of sp³-hybridized carbons (Fsp3) is 0.250. The van der Waals surface area contributed by atoms with Gasteiger partial charge in [-0.05, 0) is 22.0 Å². The van der Waals surface area contributed by atoms with Crippen molar-refractivity contribution in [2.45, 2.75) is 4.90 Å². The predicted octanol–water partition coefficient (Wildman–Crippen LogP) is 0.294. The van der Waals surface area contributed by atoms with Crippen molar-refractivity contribution in [3.8, 4) is 0 Å². The summed E-state index contributed by atoms with van der Waals surface area (Å²) in [6.07, 6.45) is 0. The van der Waals surface area contributed by atoms with Gasteiger partial charge < -0.3 is 0 Å². The van der Waals surface area contributed by atoms with E-state index >= 15 is 0 Å². The molecule has 0 saturated heterocycles. The molecule has 0 heterocycles. The molecule has 1 aromatic rings. The van der Waals surface area contributed by atoms with Crippen LogP contribution in [0.1, 0.15) is 0 Å². The Kier molecular flexibility index (Phi) is 5.01. The first kappa shape index (κ1) is 16.4. The molecule has 6 nitrogen and oxygen atoms in total. The van der Waals surface area contributed by atoms with E-state index in [1.165, 1.54) is 0 Å². The maximum atomic E-state index is 13.4. The molecular weight excluding hydrogens is 370 g/mol. The Hall–Kier alpha value is -0.620. The molecule has 3 N–H and O–H groups in total. The molecule has 0 fully saturated rings. The van der Waals surface area contributed by atoms with E-state index in [1.54, 1.807) is 0 Å². The Labute approximate surface area is 117 Å². The van der Waals surface area contributed by atoms with Crippen LogP contribution in [0, 0.1) is 11.6 Å². The molecular formula is C8H9BrF2N2O4S2. The van der Waals surface area contributed by atoms with E-state index in [-0.39, 0.29) is 4.47 Å². The third-order valence-corrected chi connectivity index (χ3v) is 5.11. The molecule has 0 aliphatic heterocycles. The number of benzene rings is 1. The average Bonchev–Trinajstić information content (AvgIpc) is 2.11. The summed E-state index contributed by atoms with van der Waals surface area (Å²) in [5.41, 5.74) is 0. The lowest BCUT2D eigenvalue weighted by Crippen LogP contribution is -2.32. The van der Waals surface area contributed by atoms with Crippen molar-refractivity contribution in [1.29, 1.82) is 0 Å². The van der Waals surface area contributed by atoms with Crippen LogP contribution >= 0.6 is 15.9 Å². The highest BCUT2D eigenvalue weighted by Crippen LogP contribution is 2.25. The summed E-state index contributed by atoms with van der Waals surface area (Å²) in [4.78, 5) is -0.802. The van der Waals surface area contributed by atoms with E-state index in [4.69, 9.17) is 0 Å². The van der Waals surface area contributed by atoms with E-state index in [2.05, 4.69) is 21.1 Å². The highest BCUT2D eigenvalue weighted by atomic mass is 79.9. The van der Waals surface area contributed by atoms with E-state index in [1.807, 2.05) is 4.72 Å². The SMILES string of the molecule is NS(=O)(=O)CCNS(=O)(=O)c1c(F)cc(F)cc1Br.